The third-order valence-electron chi connectivity index (χ3n) is 5.24. The summed E-state index contributed by atoms with van der Waals surface area (Å²) in [5.41, 5.74) is 2.15. The number of carbonyl (C=O) groups excluding carboxylic acids is 2. The summed E-state index contributed by atoms with van der Waals surface area (Å²) in [6.45, 7) is 2.33. The number of rotatable bonds is 7. The maximum absolute atomic E-state index is 12.1. The highest BCUT2D eigenvalue weighted by atomic mass is 16.5. The van der Waals surface area contributed by atoms with Crippen LogP contribution in [0.1, 0.15) is 51.0 Å². The van der Waals surface area contributed by atoms with E-state index in [2.05, 4.69) is 10.3 Å². The van der Waals surface area contributed by atoms with Gasteiger partial charge in [-0.2, -0.15) is 0 Å². The molecule has 1 aromatic heterocycles. The number of carbonyl (C=O) groups is 2. The van der Waals surface area contributed by atoms with Crippen molar-refractivity contribution in [1.82, 2.24) is 10.3 Å². The predicted molar refractivity (Wildman–Crippen MR) is 102 cm³/mol. The fourth-order valence-corrected chi connectivity index (χ4v) is 3.66. The average Bonchev–Trinajstić information content (AvgIpc) is 3.08. The largest absolute Gasteiger partial charge is 0.453 e. The van der Waals surface area contributed by atoms with Crippen LogP contribution >= 0.6 is 0 Å². The lowest BCUT2D eigenvalue weighted by molar-refractivity contribution is -0.154. The van der Waals surface area contributed by atoms with Crippen molar-refractivity contribution in [2.24, 2.45) is 5.92 Å². The number of aryl methyl sites for hydroxylation is 1. The van der Waals surface area contributed by atoms with Gasteiger partial charge in [0.1, 0.15) is 0 Å². The van der Waals surface area contributed by atoms with Gasteiger partial charge in [0.05, 0.1) is 0 Å². The van der Waals surface area contributed by atoms with E-state index < -0.39 is 6.10 Å². The quantitative estimate of drug-likeness (QED) is 0.743. The molecule has 1 amide bonds. The van der Waals surface area contributed by atoms with Crippen molar-refractivity contribution in [2.45, 2.75) is 58.0 Å². The molecule has 1 aliphatic carbocycles. The van der Waals surface area contributed by atoms with Crippen molar-refractivity contribution >= 4 is 22.8 Å². The zero-order valence-electron chi connectivity index (χ0n) is 15.4. The molecule has 3 rings (SSSR count). The number of ether oxygens (including phenoxy) is 1. The van der Waals surface area contributed by atoms with Gasteiger partial charge in [0.25, 0.3) is 5.91 Å². The summed E-state index contributed by atoms with van der Waals surface area (Å²) in [5, 5.41) is 4.05. The van der Waals surface area contributed by atoms with E-state index in [0.29, 0.717) is 18.9 Å². The van der Waals surface area contributed by atoms with Crippen LogP contribution < -0.4 is 5.32 Å². The Morgan fingerprint density at radius 3 is 2.81 bits per heavy atom. The van der Waals surface area contributed by atoms with Crippen LogP contribution in [0.2, 0.25) is 0 Å². The van der Waals surface area contributed by atoms with Gasteiger partial charge in [-0.3, -0.25) is 9.59 Å². The maximum atomic E-state index is 12.1. The molecule has 26 heavy (non-hydrogen) atoms. The van der Waals surface area contributed by atoms with Gasteiger partial charge in [-0.25, -0.2) is 0 Å². The standard InChI is InChI=1S/C21H28N2O3/c1-15(21(25)23-13-16-7-3-2-4-8-16)26-20(24)12-11-17-14-22-19-10-6-5-9-18(17)19/h5-6,9-10,14-16,22H,2-4,7-8,11-13H2,1H3,(H,23,25)/t15-/m1/s1. The molecule has 5 heteroatoms. The lowest BCUT2D eigenvalue weighted by Gasteiger charge is -2.22. The normalized spacial score (nSPS) is 16.3. The number of benzene rings is 1. The number of fused-ring (bicyclic) bond motifs is 1. The van der Waals surface area contributed by atoms with E-state index in [9.17, 15) is 9.59 Å². The van der Waals surface area contributed by atoms with E-state index >= 15 is 0 Å². The first kappa shape index (κ1) is 18.5. The molecule has 1 heterocycles. The summed E-state index contributed by atoms with van der Waals surface area (Å²) in [4.78, 5) is 27.4. The molecule has 2 N–H and O–H groups in total. The van der Waals surface area contributed by atoms with Gasteiger partial charge < -0.3 is 15.0 Å². The summed E-state index contributed by atoms with van der Waals surface area (Å²) >= 11 is 0. The van der Waals surface area contributed by atoms with Gasteiger partial charge in [0.15, 0.2) is 6.10 Å². The molecule has 0 spiro atoms. The zero-order valence-corrected chi connectivity index (χ0v) is 15.4. The molecule has 0 radical (unpaired) electrons. The highest BCUT2D eigenvalue weighted by molar-refractivity contribution is 5.85. The number of H-pyrrole nitrogens is 1. The second-order valence-electron chi connectivity index (χ2n) is 7.24. The third kappa shape index (κ3) is 4.87. The highest BCUT2D eigenvalue weighted by Crippen LogP contribution is 2.23. The van der Waals surface area contributed by atoms with Gasteiger partial charge in [-0.1, -0.05) is 37.5 Å². The highest BCUT2D eigenvalue weighted by Gasteiger charge is 2.20. The number of esters is 1. The number of amides is 1. The van der Waals surface area contributed by atoms with Crippen LogP contribution in [-0.2, 0) is 20.7 Å². The molecular formula is C21H28N2O3. The molecule has 0 aliphatic heterocycles. The Labute approximate surface area is 154 Å². The number of aromatic nitrogens is 1. The number of hydrogen-bond acceptors (Lipinski definition) is 3. The van der Waals surface area contributed by atoms with Crippen molar-refractivity contribution in [1.29, 1.82) is 0 Å². The first-order chi connectivity index (χ1) is 12.6. The zero-order chi connectivity index (χ0) is 18.4. The molecule has 1 fully saturated rings. The van der Waals surface area contributed by atoms with E-state index in [4.69, 9.17) is 4.74 Å². The van der Waals surface area contributed by atoms with Crippen LogP contribution in [0.4, 0.5) is 0 Å². The Morgan fingerprint density at radius 2 is 2.00 bits per heavy atom. The second kappa shape index (κ2) is 8.88. The summed E-state index contributed by atoms with van der Waals surface area (Å²) in [7, 11) is 0. The van der Waals surface area contributed by atoms with E-state index in [1.807, 2.05) is 30.5 Å². The lowest BCUT2D eigenvalue weighted by Crippen LogP contribution is -2.38. The molecule has 1 aliphatic rings. The molecule has 0 saturated heterocycles. The van der Waals surface area contributed by atoms with Crippen molar-refractivity contribution < 1.29 is 14.3 Å². The topological polar surface area (TPSA) is 71.2 Å². The monoisotopic (exact) mass is 356 g/mol. The first-order valence-electron chi connectivity index (χ1n) is 9.65. The minimum Gasteiger partial charge on any atom is -0.453 e. The Kier molecular flexibility index (Phi) is 6.31. The van der Waals surface area contributed by atoms with Crippen molar-refractivity contribution in [2.75, 3.05) is 6.54 Å². The number of nitrogens with one attached hydrogen (secondary N) is 2. The van der Waals surface area contributed by atoms with Gasteiger partial charge in [0, 0.05) is 30.1 Å². The van der Waals surface area contributed by atoms with Crippen LogP contribution in [0.25, 0.3) is 10.9 Å². The number of aromatic amines is 1. The van der Waals surface area contributed by atoms with Crippen molar-refractivity contribution in [3.05, 3.63) is 36.0 Å². The molecule has 2 aromatic rings. The van der Waals surface area contributed by atoms with Crippen LogP contribution in [0.3, 0.4) is 0 Å². The van der Waals surface area contributed by atoms with Crippen LogP contribution in [-0.4, -0.2) is 29.5 Å². The van der Waals surface area contributed by atoms with E-state index in [-0.39, 0.29) is 18.3 Å². The molecule has 1 atom stereocenters. The minimum absolute atomic E-state index is 0.198. The van der Waals surface area contributed by atoms with E-state index in [1.165, 1.54) is 32.1 Å². The molecule has 5 nitrogen and oxygen atoms in total. The Balaban J connectivity index is 1.41. The smallest absolute Gasteiger partial charge is 0.306 e. The summed E-state index contributed by atoms with van der Waals surface area (Å²) in [5.74, 6) is 0.0316. The second-order valence-corrected chi connectivity index (χ2v) is 7.24. The first-order valence-corrected chi connectivity index (χ1v) is 9.65. The van der Waals surface area contributed by atoms with Crippen molar-refractivity contribution in [3.8, 4) is 0 Å². The third-order valence-corrected chi connectivity index (χ3v) is 5.24. The SMILES string of the molecule is C[C@@H](OC(=O)CCc1c[nH]c2ccccc12)C(=O)NCC1CCCCC1. The van der Waals surface area contributed by atoms with Crippen LogP contribution in [0.15, 0.2) is 30.5 Å². The fraction of sp³-hybridized carbons (Fsp3) is 0.524. The molecule has 140 valence electrons. The van der Waals surface area contributed by atoms with Gasteiger partial charge in [-0.05, 0) is 43.7 Å². The Hall–Kier alpha value is -2.30. The molecule has 0 bridgehead atoms. The summed E-state index contributed by atoms with van der Waals surface area (Å²) in [6, 6.07) is 8.00. The van der Waals surface area contributed by atoms with Crippen LogP contribution in [0, 0.1) is 5.92 Å². The van der Waals surface area contributed by atoms with Gasteiger partial charge >= 0.3 is 5.97 Å². The Morgan fingerprint density at radius 1 is 1.23 bits per heavy atom. The molecule has 1 aromatic carbocycles. The summed E-state index contributed by atoms with van der Waals surface area (Å²) < 4.78 is 5.30. The number of para-hydroxylation sites is 1. The molecule has 0 unspecified atom stereocenters. The summed E-state index contributed by atoms with van der Waals surface area (Å²) in [6.07, 6.45) is 8.21. The van der Waals surface area contributed by atoms with Crippen molar-refractivity contribution in [3.63, 3.8) is 0 Å². The maximum Gasteiger partial charge on any atom is 0.306 e. The minimum atomic E-state index is -0.742. The van der Waals surface area contributed by atoms with E-state index in [0.717, 1.165) is 16.5 Å². The lowest BCUT2D eigenvalue weighted by atomic mass is 9.89. The predicted octanol–water partition coefficient (Wildman–Crippen LogP) is 3.73. The van der Waals surface area contributed by atoms with Crippen LogP contribution in [0.5, 0.6) is 0 Å². The van der Waals surface area contributed by atoms with E-state index in [1.54, 1.807) is 6.92 Å². The molecule has 1 saturated carbocycles. The fourth-order valence-electron chi connectivity index (χ4n) is 3.66. The van der Waals surface area contributed by atoms with Gasteiger partial charge in [-0.15, -0.1) is 0 Å². The number of hydrogen-bond donors (Lipinski definition) is 2. The molecular weight excluding hydrogens is 328 g/mol. The van der Waals surface area contributed by atoms with Gasteiger partial charge in [0.2, 0.25) is 0 Å². The average molecular weight is 356 g/mol. The Bertz CT molecular complexity index is 747.